The fraction of sp³-hybridized carbons (Fsp3) is 0.222. The third-order valence-corrected chi connectivity index (χ3v) is 4.33. The Labute approximate surface area is 163 Å². The van der Waals surface area contributed by atoms with Crippen LogP contribution < -0.4 is 15.6 Å². The molecular weight excluding hydrogens is 387 g/mol. The minimum atomic E-state index is -0.999. The molecule has 1 atom stereocenters. The van der Waals surface area contributed by atoms with Crippen molar-refractivity contribution in [1.82, 2.24) is 21.0 Å². The minimum Gasteiger partial charge on any atom is -0.478 e. The van der Waals surface area contributed by atoms with E-state index >= 15 is 0 Å². The Morgan fingerprint density at radius 3 is 2.86 bits per heavy atom. The summed E-state index contributed by atoms with van der Waals surface area (Å²) in [4.78, 5) is 28.0. The monoisotopic (exact) mass is 404 g/mol. The molecule has 28 heavy (non-hydrogen) atoms. The van der Waals surface area contributed by atoms with E-state index in [-0.39, 0.29) is 18.6 Å². The third-order valence-electron chi connectivity index (χ3n) is 3.65. The van der Waals surface area contributed by atoms with Crippen LogP contribution in [0.25, 0.3) is 11.4 Å². The first-order valence-corrected chi connectivity index (χ1v) is 9.32. The van der Waals surface area contributed by atoms with Crippen LogP contribution in [-0.2, 0) is 16.0 Å². The van der Waals surface area contributed by atoms with Crippen molar-refractivity contribution in [2.75, 3.05) is 0 Å². The number of aryl methyl sites for hydroxylation is 1. The second-order valence-electron chi connectivity index (χ2n) is 5.75. The van der Waals surface area contributed by atoms with Gasteiger partial charge < -0.3 is 9.26 Å². The number of ether oxygens (including phenoxy) is 1. The SMILES string of the molecule is CC(Oc1ccccc1F)C(=O)NNC(=O)CCc1nc(-c2ccsc2)no1. The lowest BCUT2D eigenvalue weighted by Crippen LogP contribution is -2.47. The smallest absolute Gasteiger partial charge is 0.279 e. The van der Waals surface area contributed by atoms with E-state index in [4.69, 9.17) is 9.26 Å². The van der Waals surface area contributed by atoms with Gasteiger partial charge in [-0.2, -0.15) is 16.3 Å². The summed E-state index contributed by atoms with van der Waals surface area (Å²) in [7, 11) is 0. The van der Waals surface area contributed by atoms with Crippen LogP contribution in [0.3, 0.4) is 0 Å². The second kappa shape index (κ2) is 9.09. The maximum atomic E-state index is 13.5. The van der Waals surface area contributed by atoms with Crippen LogP contribution in [0.2, 0.25) is 0 Å². The van der Waals surface area contributed by atoms with Crippen LogP contribution in [0.4, 0.5) is 4.39 Å². The second-order valence-corrected chi connectivity index (χ2v) is 6.53. The maximum Gasteiger partial charge on any atom is 0.279 e. The number of hydrogen-bond acceptors (Lipinski definition) is 7. The molecule has 0 saturated heterocycles. The molecular formula is C18H17FN4O4S. The maximum absolute atomic E-state index is 13.5. The molecule has 1 aromatic carbocycles. The number of hydrazine groups is 1. The zero-order chi connectivity index (χ0) is 19.9. The highest BCUT2D eigenvalue weighted by Crippen LogP contribution is 2.19. The molecule has 3 aromatic rings. The summed E-state index contributed by atoms with van der Waals surface area (Å²) < 4.78 is 23.9. The summed E-state index contributed by atoms with van der Waals surface area (Å²) in [6.45, 7) is 1.44. The summed E-state index contributed by atoms with van der Waals surface area (Å²) in [6, 6.07) is 7.60. The summed E-state index contributed by atoms with van der Waals surface area (Å²) in [5.41, 5.74) is 5.35. The molecule has 146 valence electrons. The van der Waals surface area contributed by atoms with Crippen LogP contribution in [0, 0.1) is 5.82 Å². The average molecular weight is 404 g/mol. The van der Waals surface area contributed by atoms with Crippen LogP contribution in [-0.4, -0.2) is 28.1 Å². The van der Waals surface area contributed by atoms with E-state index in [1.165, 1.54) is 36.5 Å². The van der Waals surface area contributed by atoms with Gasteiger partial charge in [0.15, 0.2) is 17.7 Å². The molecule has 0 aliphatic heterocycles. The lowest BCUT2D eigenvalue weighted by molar-refractivity contribution is -0.132. The van der Waals surface area contributed by atoms with Gasteiger partial charge >= 0.3 is 0 Å². The predicted octanol–water partition coefficient (Wildman–Crippen LogP) is 2.48. The van der Waals surface area contributed by atoms with Gasteiger partial charge in [0.05, 0.1) is 0 Å². The molecule has 2 aromatic heterocycles. The van der Waals surface area contributed by atoms with Gasteiger partial charge in [0.2, 0.25) is 17.6 Å². The van der Waals surface area contributed by atoms with Gasteiger partial charge in [-0.25, -0.2) is 4.39 Å². The number of halogens is 1. The van der Waals surface area contributed by atoms with Crippen LogP contribution in [0.15, 0.2) is 45.6 Å². The van der Waals surface area contributed by atoms with Crippen molar-refractivity contribution in [2.45, 2.75) is 25.9 Å². The number of nitrogens with one attached hydrogen (secondary N) is 2. The van der Waals surface area contributed by atoms with Gasteiger partial charge in [-0.1, -0.05) is 17.3 Å². The van der Waals surface area contributed by atoms with Gasteiger partial charge in [-0.3, -0.25) is 20.4 Å². The number of amides is 2. The van der Waals surface area contributed by atoms with Crippen molar-refractivity contribution < 1.29 is 23.2 Å². The summed E-state index contributed by atoms with van der Waals surface area (Å²) in [5, 5.41) is 7.64. The highest BCUT2D eigenvalue weighted by molar-refractivity contribution is 7.08. The first-order chi connectivity index (χ1) is 13.5. The number of hydrogen-bond donors (Lipinski definition) is 2. The Kier molecular flexibility index (Phi) is 6.33. The van der Waals surface area contributed by atoms with Crippen molar-refractivity contribution in [3.8, 4) is 17.1 Å². The van der Waals surface area contributed by atoms with Crippen LogP contribution in [0.5, 0.6) is 5.75 Å². The Morgan fingerprint density at radius 1 is 1.29 bits per heavy atom. The molecule has 0 spiro atoms. The molecule has 2 heterocycles. The van der Waals surface area contributed by atoms with Gasteiger partial charge in [0.1, 0.15) is 0 Å². The number of carbonyl (C=O) groups is 2. The van der Waals surface area contributed by atoms with Gasteiger partial charge in [-0.05, 0) is 30.5 Å². The molecule has 0 aliphatic carbocycles. The molecule has 0 radical (unpaired) electrons. The zero-order valence-electron chi connectivity index (χ0n) is 14.8. The Balaban J connectivity index is 1.41. The molecule has 3 rings (SSSR count). The highest BCUT2D eigenvalue weighted by Gasteiger charge is 2.17. The molecule has 10 heteroatoms. The Morgan fingerprint density at radius 2 is 2.11 bits per heavy atom. The fourth-order valence-corrected chi connectivity index (χ4v) is 2.80. The van der Waals surface area contributed by atoms with Gasteiger partial charge in [-0.15, -0.1) is 0 Å². The topological polar surface area (TPSA) is 106 Å². The van der Waals surface area contributed by atoms with E-state index in [0.717, 1.165) is 5.56 Å². The van der Waals surface area contributed by atoms with Crippen molar-refractivity contribution in [2.24, 2.45) is 0 Å². The standard InChI is InChI=1S/C18H17FN4O4S/c1-11(26-14-5-3-2-4-13(14)19)18(25)22-21-15(24)6-7-16-20-17(23-27-16)12-8-9-28-10-12/h2-5,8-11H,6-7H2,1H3,(H,21,24)(H,22,25). The molecule has 2 amide bonds. The third kappa shape index (κ3) is 5.13. The van der Waals surface area contributed by atoms with Gasteiger partial charge in [0, 0.05) is 23.8 Å². The fourth-order valence-electron chi connectivity index (χ4n) is 2.17. The van der Waals surface area contributed by atoms with Crippen LogP contribution >= 0.6 is 11.3 Å². The van der Waals surface area contributed by atoms with E-state index in [0.29, 0.717) is 11.7 Å². The number of benzene rings is 1. The van der Waals surface area contributed by atoms with Gasteiger partial charge in [0.25, 0.3) is 5.91 Å². The predicted molar refractivity (Wildman–Crippen MR) is 98.7 cm³/mol. The van der Waals surface area contributed by atoms with Crippen molar-refractivity contribution in [3.05, 3.63) is 52.8 Å². The number of carbonyl (C=O) groups excluding carboxylic acids is 2. The van der Waals surface area contributed by atoms with E-state index in [1.54, 1.807) is 6.07 Å². The van der Waals surface area contributed by atoms with E-state index in [2.05, 4.69) is 21.0 Å². The number of aromatic nitrogens is 2. The highest BCUT2D eigenvalue weighted by atomic mass is 32.1. The van der Waals surface area contributed by atoms with E-state index < -0.39 is 23.7 Å². The van der Waals surface area contributed by atoms with E-state index in [1.807, 2.05) is 16.8 Å². The Bertz CT molecular complexity index is 945. The zero-order valence-corrected chi connectivity index (χ0v) is 15.7. The number of para-hydroxylation sites is 1. The number of thiophene rings is 1. The first-order valence-electron chi connectivity index (χ1n) is 8.38. The summed E-state index contributed by atoms with van der Waals surface area (Å²) in [5.74, 6) is -0.902. The van der Waals surface area contributed by atoms with Crippen molar-refractivity contribution in [3.63, 3.8) is 0 Å². The molecule has 0 aliphatic rings. The van der Waals surface area contributed by atoms with Crippen molar-refractivity contribution >= 4 is 23.2 Å². The average Bonchev–Trinajstić information content (AvgIpc) is 3.37. The summed E-state index contributed by atoms with van der Waals surface area (Å²) in [6.07, 6.45) is -0.741. The molecule has 2 N–H and O–H groups in total. The summed E-state index contributed by atoms with van der Waals surface area (Å²) >= 11 is 1.52. The molecule has 8 nitrogen and oxygen atoms in total. The number of nitrogens with zero attached hydrogens (tertiary/aromatic N) is 2. The molecule has 0 fully saturated rings. The normalized spacial score (nSPS) is 11.6. The molecule has 1 unspecified atom stereocenters. The molecule has 0 bridgehead atoms. The minimum absolute atomic E-state index is 0.0358. The lowest BCUT2D eigenvalue weighted by Gasteiger charge is -2.15. The first kappa shape index (κ1) is 19.5. The quantitative estimate of drug-likeness (QED) is 0.586. The largest absolute Gasteiger partial charge is 0.478 e. The lowest BCUT2D eigenvalue weighted by atomic mass is 10.3. The number of rotatable bonds is 7. The van der Waals surface area contributed by atoms with E-state index in [9.17, 15) is 14.0 Å². The van der Waals surface area contributed by atoms with Crippen molar-refractivity contribution in [1.29, 1.82) is 0 Å². The van der Waals surface area contributed by atoms with Crippen LogP contribution in [0.1, 0.15) is 19.2 Å². The molecule has 0 saturated carbocycles. The Hall–Kier alpha value is -3.27.